The van der Waals surface area contributed by atoms with Gasteiger partial charge in [0, 0.05) is 11.1 Å². The molecule has 0 unspecified atom stereocenters. The van der Waals surface area contributed by atoms with E-state index in [-0.39, 0.29) is 11.3 Å². The maximum absolute atomic E-state index is 12.9. The van der Waals surface area contributed by atoms with Gasteiger partial charge in [0.15, 0.2) is 0 Å². The summed E-state index contributed by atoms with van der Waals surface area (Å²) in [7, 11) is 0. The highest BCUT2D eigenvalue weighted by Gasteiger charge is 2.35. The Kier molecular flexibility index (Phi) is 2.90. The van der Waals surface area contributed by atoms with E-state index in [1.54, 1.807) is 0 Å². The van der Waals surface area contributed by atoms with Gasteiger partial charge < -0.3 is 10.2 Å². The summed E-state index contributed by atoms with van der Waals surface area (Å²) < 4.78 is 38.6. The topological polar surface area (TPSA) is 40.5 Å². The van der Waals surface area contributed by atoms with Crippen molar-refractivity contribution in [3.05, 3.63) is 48.0 Å². The quantitative estimate of drug-likeness (QED) is 0.812. The highest BCUT2D eigenvalue weighted by Crippen LogP contribution is 2.44. The van der Waals surface area contributed by atoms with Gasteiger partial charge >= 0.3 is 6.18 Å². The molecule has 0 aliphatic rings. The SMILES string of the molecule is Oc1ccccc1-c1c(O)cccc1C(F)(F)F. The number of hydrogen-bond acceptors (Lipinski definition) is 2. The molecular weight excluding hydrogens is 245 g/mol. The first kappa shape index (κ1) is 12.3. The molecule has 0 aliphatic heterocycles. The minimum absolute atomic E-state index is 0.0528. The number of halogens is 3. The lowest BCUT2D eigenvalue weighted by Crippen LogP contribution is -2.07. The van der Waals surface area contributed by atoms with Gasteiger partial charge in [-0.3, -0.25) is 0 Å². The molecular formula is C13H9F3O2. The molecule has 2 rings (SSSR count). The van der Waals surface area contributed by atoms with Gasteiger partial charge in [0.2, 0.25) is 0 Å². The van der Waals surface area contributed by atoms with Gasteiger partial charge in [-0.15, -0.1) is 0 Å². The molecule has 2 nitrogen and oxygen atoms in total. The summed E-state index contributed by atoms with van der Waals surface area (Å²) in [6, 6.07) is 8.69. The van der Waals surface area contributed by atoms with E-state index >= 15 is 0 Å². The summed E-state index contributed by atoms with van der Waals surface area (Å²) in [4.78, 5) is 0. The van der Waals surface area contributed by atoms with Crippen molar-refractivity contribution in [2.75, 3.05) is 0 Å². The first-order valence-corrected chi connectivity index (χ1v) is 5.09. The fourth-order valence-corrected chi connectivity index (χ4v) is 1.74. The second-order valence-corrected chi connectivity index (χ2v) is 3.71. The maximum Gasteiger partial charge on any atom is 0.417 e. The molecule has 5 heteroatoms. The third kappa shape index (κ3) is 2.11. The molecule has 0 atom stereocenters. The van der Waals surface area contributed by atoms with E-state index in [2.05, 4.69) is 0 Å². The maximum atomic E-state index is 12.9. The van der Waals surface area contributed by atoms with Crippen LogP contribution in [0, 0.1) is 0 Å². The second kappa shape index (κ2) is 4.25. The number of rotatable bonds is 1. The first-order valence-electron chi connectivity index (χ1n) is 5.09. The molecule has 2 aromatic rings. The van der Waals surface area contributed by atoms with E-state index in [9.17, 15) is 23.4 Å². The van der Waals surface area contributed by atoms with E-state index in [1.807, 2.05) is 0 Å². The van der Waals surface area contributed by atoms with Crippen molar-refractivity contribution < 1.29 is 23.4 Å². The van der Waals surface area contributed by atoms with Crippen molar-refractivity contribution in [1.82, 2.24) is 0 Å². The monoisotopic (exact) mass is 254 g/mol. The zero-order chi connectivity index (χ0) is 13.3. The van der Waals surface area contributed by atoms with E-state index in [1.165, 1.54) is 24.3 Å². The molecule has 0 saturated carbocycles. The van der Waals surface area contributed by atoms with Crippen LogP contribution in [0.15, 0.2) is 42.5 Å². The molecule has 2 N–H and O–H groups in total. The number of para-hydroxylation sites is 1. The van der Waals surface area contributed by atoms with E-state index in [0.717, 1.165) is 18.2 Å². The summed E-state index contributed by atoms with van der Waals surface area (Å²) >= 11 is 0. The number of aromatic hydroxyl groups is 2. The zero-order valence-electron chi connectivity index (χ0n) is 9.07. The van der Waals surface area contributed by atoms with Crippen LogP contribution in [-0.2, 0) is 6.18 Å². The van der Waals surface area contributed by atoms with Crippen LogP contribution in [0.5, 0.6) is 11.5 Å². The summed E-state index contributed by atoms with van der Waals surface area (Å²) in [5, 5.41) is 19.2. The van der Waals surface area contributed by atoms with Crippen LogP contribution in [-0.4, -0.2) is 10.2 Å². The Labute approximate surface area is 101 Å². The lowest BCUT2D eigenvalue weighted by molar-refractivity contribution is -0.137. The van der Waals surface area contributed by atoms with Gasteiger partial charge in [-0.25, -0.2) is 0 Å². The van der Waals surface area contributed by atoms with Gasteiger partial charge in [0.25, 0.3) is 0 Å². The highest BCUT2D eigenvalue weighted by atomic mass is 19.4. The Balaban J connectivity index is 2.75. The fourth-order valence-electron chi connectivity index (χ4n) is 1.74. The van der Waals surface area contributed by atoms with Crippen molar-refractivity contribution in [3.8, 4) is 22.6 Å². The Morgan fingerprint density at radius 1 is 0.778 bits per heavy atom. The van der Waals surface area contributed by atoms with Gasteiger partial charge in [0.05, 0.1) is 5.56 Å². The third-order valence-corrected chi connectivity index (χ3v) is 2.52. The molecule has 18 heavy (non-hydrogen) atoms. The zero-order valence-corrected chi connectivity index (χ0v) is 9.07. The number of alkyl halides is 3. The van der Waals surface area contributed by atoms with Crippen LogP contribution >= 0.6 is 0 Å². The van der Waals surface area contributed by atoms with E-state index in [0.29, 0.717) is 0 Å². The van der Waals surface area contributed by atoms with Crippen LogP contribution < -0.4 is 0 Å². The Morgan fingerprint density at radius 2 is 1.39 bits per heavy atom. The first-order chi connectivity index (χ1) is 8.41. The summed E-state index contributed by atoms with van der Waals surface area (Å²) in [5.41, 5.74) is -1.45. The number of benzene rings is 2. The van der Waals surface area contributed by atoms with Crippen LogP contribution in [0.2, 0.25) is 0 Å². The Bertz CT molecular complexity index is 577. The average Bonchev–Trinajstić information content (AvgIpc) is 2.29. The molecule has 0 bridgehead atoms. The van der Waals surface area contributed by atoms with Crippen molar-refractivity contribution in [3.63, 3.8) is 0 Å². The molecule has 0 saturated heterocycles. The second-order valence-electron chi connectivity index (χ2n) is 3.71. The van der Waals surface area contributed by atoms with Crippen LogP contribution in [0.1, 0.15) is 5.56 Å². The van der Waals surface area contributed by atoms with Crippen molar-refractivity contribution in [2.24, 2.45) is 0 Å². The van der Waals surface area contributed by atoms with Crippen molar-refractivity contribution in [1.29, 1.82) is 0 Å². The molecule has 0 heterocycles. The largest absolute Gasteiger partial charge is 0.507 e. The summed E-state index contributed by atoms with van der Waals surface area (Å²) in [5.74, 6) is -0.837. The molecule has 94 valence electrons. The van der Waals surface area contributed by atoms with Crippen LogP contribution in [0.25, 0.3) is 11.1 Å². The van der Waals surface area contributed by atoms with Gasteiger partial charge in [0.1, 0.15) is 11.5 Å². The molecule has 0 spiro atoms. The van der Waals surface area contributed by atoms with Gasteiger partial charge in [-0.2, -0.15) is 13.2 Å². The minimum Gasteiger partial charge on any atom is -0.507 e. The molecule has 0 fully saturated rings. The Hall–Kier alpha value is -2.17. The smallest absolute Gasteiger partial charge is 0.417 e. The molecule has 0 radical (unpaired) electrons. The lowest BCUT2D eigenvalue weighted by Gasteiger charge is -2.15. The number of hydrogen-bond donors (Lipinski definition) is 2. The van der Waals surface area contributed by atoms with E-state index in [4.69, 9.17) is 0 Å². The summed E-state index contributed by atoms with van der Waals surface area (Å²) in [6.07, 6.45) is -4.60. The summed E-state index contributed by atoms with van der Waals surface area (Å²) in [6.45, 7) is 0. The lowest BCUT2D eigenvalue weighted by atomic mass is 9.97. The van der Waals surface area contributed by atoms with Crippen molar-refractivity contribution in [2.45, 2.75) is 6.18 Å². The van der Waals surface area contributed by atoms with Crippen LogP contribution in [0.3, 0.4) is 0 Å². The van der Waals surface area contributed by atoms with Gasteiger partial charge in [-0.1, -0.05) is 24.3 Å². The van der Waals surface area contributed by atoms with Gasteiger partial charge in [-0.05, 0) is 18.2 Å². The predicted molar refractivity (Wildman–Crippen MR) is 60.2 cm³/mol. The highest BCUT2D eigenvalue weighted by molar-refractivity contribution is 5.78. The molecule has 0 amide bonds. The molecule has 2 aromatic carbocycles. The predicted octanol–water partition coefficient (Wildman–Crippen LogP) is 3.78. The van der Waals surface area contributed by atoms with E-state index < -0.39 is 23.1 Å². The standard InChI is InChI=1S/C13H9F3O2/c14-13(15,16)9-5-3-7-11(18)12(9)8-4-1-2-6-10(8)17/h1-7,17-18H. The number of phenolic OH excluding ortho intramolecular Hbond substituents is 2. The number of phenols is 2. The molecule has 0 aromatic heterocycles. The normalized spacial score (nSPS) is 11.5. The van der Waals surface area contributed by atoms with Crippen molar-refractivity contribution >= 4 is 0 Å². The third-order valence-electron chi connectivity index (χ3n) is 2.52. The Morgan fingerprint density at radius 3 is 2.00 bits per heavy atom. The molecule has 0 aliphatic carbocycles. The fraction of sp³-hybridized carbons (Fsp3) is 0.0769. The average molecular weight is 254 g/mol. The minimum atomic E-state index is -4.60. The van der Waals surface area contributed by atoms with Crippen LogP contribution in [0.4, 0.5) is 13.2 Å².